The minimum absolute atomic E-state index is 0. The van der Waals surface area contributed by atoms with Gasteiger partial charge in [-0.15, -0.1) is 29.1 Å². The van der Waals surface area contributed by atoms with E-state index in [9.17, 15) is 0 Å². The lowest BCUT2D eigenvalue weighted by molar-refractivity contribution is 0.487. The zero-order chi connectivity index (χ0) is 10.8. The van der Waals surface area contributed by atoms with Crippen molar-refractivity contribution in [2.24, 2.45) is 10.7 Å². The average Bonchev–Trinajstić information content (AvgIpc) is 2.99. The second kappa shape index (κ2) is 5.76. The fourth-order valence-corrected chi connectivity index (χ4v) is 1.87. The van der Waals surface area contributed by atoms with Gasteiger partial charge in [0.15, 0.2) is 5.96 Å². The third kappa shape index (κ3) is 3.27. The summed E-state index contributed by atoms with van der Waals surface area (Å²) in [4.78, 5) is 7.47. The van der Waals surface area contributed by atoms with Crippen molar-refractivity contribution in [2.75, 3.05) is 7.05 Å². The van der Waals surface area contributed by atoms with E-state index >= 15 is 0 Å². The normalized spacial score (nSPS) is 15.8. The molecule has 1 aliphatic rings. The maximum absolute atomic E-state index is 5.86. The first-order valence-electron chi connectivity index (χ1n) is 4.99. The van der Waals surface area contributed by atoms with Gasteiger partial charge in [-0.1, -0.05) is 4.49 Å². The van der Waals surface area contributed by atoms with Gasteiger partial charge in [-0.2, -0.15) is 0 Å². The highest BCUT2D eigenvalue weighted by Gasteiger charge is 2.27. The van der Waals surface area contributed by atoms with Crippen LogP contribution in [-0.4, -0.2) is 33.5 Å². The van der Waals surface area contributed by atoms with E-state index in [2.05, 4.69) is 14.6 Å². The zero-order valence-corrected chi connectivity index (χ0v) is 12.5. The van der Waals surface area contributed by atoms with Gasteiger partial charge in [0.05, 0.1) is 17.1 Å². The van der Waals surface area contributed by atoms with E-state index in [1.807, 2.05) is 18.9 Å². The third-order valence-corrected chi connectivity index (χ3v) is 3.39. The van der Waals surface area contributed by atoms with Crippen LogP contribution in [0.2, 0.25) is 0 Å². The van der Waals surface area contributed by atoms with Gasteiger partial charge < -0.3 is 10.6 Å². The summed E-state index contributed by atoms with van der Waals surface area (Å²) in [7, 11) is 1.99. The van der Waals surface area contributed by atoms with Crippen LogP contribution in [0.25, 0.3) is 0 Å². The number of aryl methyl sites for hydroxylation is 1. The fraction of sp³-hybridized carbons (Fsp3) is 0.667. The molecule has 2 N–H and O–H groups in total. The topological polar surface area (TPSA) is 67.4 Å². The van der Waals surface area contributed by atoms with E-state index in [1.54, 1.807) is 0 Å². The van der Waals surface area contributed by atoms with Crippen LogP contribution in [-0.2, 0) is 6.54 Å². The minimum Gasteiger partial charge on any atom is -0.370 e. The molecular formula is C9H16IN5S. The number of nitrogens with two attached hydrogens (primary N) is 1. The maximum Gasteiger partial charge on any atom is 0.191 e. The summed E-state index contributed by atoms with van der Waals surface area (Å²) < 4.78 is 3.86. The molecule has 0 aliphatic heterocycles. The van der Waals surface area contributed by atoms with Crippen molar-refractivity contribution in [1.82, 2.24) is 14.5 Å². The van der Waals surface area contributed by atoms with E-state index in [-0.39, 0.29) is 24.0 Å². The third-order valence-electron chi connectivity index (χ3n) is 2.59. The number of rotatable bonds is 3. The van der Waals surface area contributed by atoms with Crippen molar-refractivity contribution in [3.8, 4) is 0 Å². The van der Waals surface area contributed by atoms with Gasteiger partial charge >= 0.3 is 0 Å². The molecule has 1 aromatic rings. The van der Waals surface area contributed by atoms with Crippen molar-refractivity contribution in [2.45, 2.75) is 32.4 Å². The molecule has 0 amide bonds. The molecular weight excluding hydrogens is 337 g/mol. The first kappa shape index (κ1) is 13.6. The Morgan fingerprint density at radius 2 is 2.31 bits per heavy atom. The number of halogens is 1. The number of hydrogen-bond donors (Lipinski definition) is 1. The Kier molecular flexibility index (Phi) is 4.90. The molecule has 0 bridgehead atoms. The highest BCUT2D eigenvalue weighted by molar-refractivity contribution is 14.0. The Morgan fingerprint density at radius 3 is 2.81 bits per heavy atom. The summed E-state index contributed by atoms with van der Waals surface area (Å²) in [5.41, 5.74) is 6.81. The second-order valence-corrected chi connectivity index (χ2v) is 4.64. The summed E-state index contributed by atoms with van der Waals surface area (Å²) in [6.07, 6.45) is 2.46. The molecule has 1 saturated carbocycles. The van der Waals surface area contributed by atoms with Crippen LogP contribution in [0.5, 0.6) is 0 Å². The smallest absolute Gasteiger partial charge is 0.191 e. The molecule has 0 aromatic carbocycles. The van der Waals surface area contributed by atoms with Gasteiger partial charge in [0.2, 0.25) is 0 Å². The Morgan fingerprint density at radius 1 is 1.62 bits per heavy atom. The molecule has 90 valence electrons. The number of aliphatic imine (C=N–C) groups is 1. The Bertz CT molecular complexity index is 374. The van der Waals surface area contributed by atoms with Gasteiger partial charge in [0.1, 0.15) is 0 Å². The SMILES string of the molecule is Cc1nnsc1CN=C(N)N(C)C1CC1.I. The lowest BCUT2D eigenvalue weighted by Crippen LogP contribution is -2.35. The average molecular weight is 353 g/mol. The van der Waals surface area contributed by atoms with E-state index in [0.717, 1.165) is 10.6 Å². The van der Waals surface area contributed by atoms with Gasteiger partial charge in [0, 0.05) is 13.1 Å². The molecule has 1 aliphatic carbocycles. The molecule has 1 aromatic heterocycles. The summed E-state index contributed by atoms with van der Waals surface area (Å²) in [6, 6.07) is 0.606. The van der Waals surface area contributed by atoms with Gasteiger partial charge in [-0.25, -0.2) is 4.99 Å². The lowest BCUT2D eigenvalue weighted by Gasteiger charge is -2.16. The van der Waals surface area contributed by atoms with Crippen molar-refractivity contribution < 1.29 is 0 Å². The highest BCUT2D eigenvalue weighted by atomic mass is 127. The molecule has 0 radical (unpaired) electrons. The molecule has 0 atom stereocenters. The summed E-state index contributed by atoms with van der Waals surface area (Å²) >= 11 is 1.38. The minimum atomic E-state index is 0. The summed E-state index contributed by atoms with van der Waals surface area (Å²) in [5, 5.41) is 3.93. The van der Waals surface area contributed by atoms with Crippen molar-refractivity contribution in [3.63, 3.8) is 0 Å². The number of hydrogen-bond acceptors (Lipinski definition) is 4. The van der Waals surface area contributed by atoms with Crippen LogP contribution in [0.4, 0.5) is 0 Å². The lowest BCUT2D eigenvalue weighted by atomic mass is 10.4. The van der Waals surface area contributed by atoms with Gasteiger partial charge in [-0.3, -0.25) is 0 Å². The maximum atomic E-state index is 5.86. The van der Waals surface area contributed by atoms with E-state index in [1.165, 1.54) is 24.4 Å². The number of guanidine groups is 1. The molecule has 1 heterocycles. The predicted octanol–water partition coefficient (Wildman–Crippen LogP) is 1.37. The Labute approximate surface area is 116 Å². The van der Waals surface area contributed by atoms with E-state index in [4.69, 9.17) is 5.73 Å². The summed E-state index contributed by atoms with van der Waals surface area (Å²) in [6.45, 7) is 2.53. The standard InChI is InChI=1S/C9H15N5S.HI/c1-6-8(15-13-12-6)5-11-9(10)14(2)7-3-4-7;/h7H,3-5H2,1-2H3,(H2,10,11);1H. The second-order valence-electron chi connectivity index (χ2n) is 3.80. The number of aromatic nitrogens is 2. The van der Waals surface area contributed by atoms with Crippen LogP contribution in [0.15, 0.2) is 4.99 Å². The van der Waals surface area contributed by atoms with Gasteiger partial charge in [-0.05, 0) is 31.3 Å². The number of nitrogens with zero attached hydrogens (tertiary/aromatic N) is 4. The largest absolute Gasteiger partial charge is 0.370 e. The molecule has 1 fully saturated rings. The van der Waals surface area contributed by atoms with E-state index < -0.39 is 0 Å². The predicted molar refractivity (Wildman–Crippen MR) is 76.2 cm³/mol. The van der Waals surface area contributed by atoms with Crippen LogP contribution >= 0.6 is 35.5 Å². The molecule has 16 heavy (non-hydrogen) atoms. The van der Waals surface area contributed by atoms with Crippen LogP contribution in [0, 0.1) is 6.92 Å². The summed E-state index contributed by atoms with van der Waals surface area (Å²) in [5.74, 6) is 0.616. The molecule has 2 rings (SSSR count). The fourth-order valence-electron chi connectivity index (χ4n) is 1.31. The van der Waals surface area contributed by atoms with Crippen molar-refractivity contribution in [3.05, 3.63) is 10.6 Å². The Hall–Kier alpha value is -0.440. The van der Waals surface area contributed by atoms with Crippen molar-refractivity contribution >= 4 is 41.5 Å². The molecule has 0 saturated heterocycles. The van der Waals surface area contributed by atoms with Crippen LogP contribution in [0.1, 0.15) is 23.4 Å². The first-order valence-corrected chi connectivity index (χ1v) is 5.76. The molecule has 0 spiro atoms. The molecule has 7 heteroatoms. The van der Waals surface area contributed by atoms with E-state index in [0.29, 0.717) is 18.5 Å². The zero-order valence-electron chi connectivity index (χ0n) is 9.38. The van der Waals surface area contributed by atoms with Gasteiger partial charge in [0.25, 0.3) is 0 Å². The first-order chi connectivity index (χ1) is 7.18. The molecule has 0 unspecified atom stereocenters. The molecule has 5 nitrogen and oxygen atoms in total. The van der Waals surface area contributed by atoms with Crippen LogP contribution in [0.3, 0.4) is 0 Å². The monoisotopic (exact) mass is 353 g/mol. The Balaban J connectivity index is 0.00000128. The van der Waals surface area contributed by atoms with Crippen molar-refractivity contribution in [1.29, 1.82) is 0 Å². The van der Waals surface area contributed by atoms with Crippen LogP contribution < -0.4 is 5.73 Å². The quantitative estimate of drug-likeness (QED) is 0.506. The highest BCUT2D eigenvalue weighted by Crippen LogP contribution is 2.25.